The van der Waals surface area contributed by atoms with E-state index in [0.717, 1.165) is 18.2 Å². The Bertz CT molecular complexity index is 524. The summed E-state index contributed by atoms with van der Waals surface area (Å²) in [6, 6.07) is 2.83. The highest BCUT2D eigenvalue weighted by atomic mass is 32.2. The van der Waals surface area contributed by atoms with Crippen LogP contribution in [-0.2, 0) is 10.0 Å². The molecule has 20 heavy (non-hydrogen) atoms. The molecular weight excluding hydrogens is 288 g/mol. The smallest absolute Gasteiger partial charge is 0.246 e. The molecule has 0 aliphatic carbocycles. The van der Waals surface area contributed by atoms with Crippen molar-refractivity contribution < 1.29 is 22.3 Å². The van der Waals surface area contributed by atoms with Gasteiger partial charge in [-0.05, 0) is 18.1 Å². The van der Waals surface area contributed by atoms with Crippen molar-refractivity contribution in [3.8, 4) is 0 Å². The van der Waals surface area contributed by atoms with Gasteiger partial charge in [0.05, 0.1) is 6.10 Å². The highest BCUT2D eigenvalue weighted by Crippen LogP contribution is 2.19. The zero-order chi connectivity index (χ0) is 15.3. The maximum atomic E-state index is 13.4. The standard InChI is InChI=1S/C13H19F2NO3S/c1-3-9(4-2)12(17)8-16-20(18,19)13-10(14)6-5-7-11(13)15/h5-7,9,12,16-17H,3-4,8H2,1-2H3. The van der Waals surface area contributed by atoms with Crippen LogP contribution >= 0.6 is 0 Å². The molecule has 0 aliphatic heterocycles. The molecule has 0 heterocycles. The Labute approximate surface area is 117 Å². The van der Waals surface area contributed by atoms with Crippen LogP contribution in [0.15, 0.2) is 23.1 Å². The van der Waals surface area contributed by atoms with Crippen LogP contribution in [-0.4, -0.2) is 26.2 Å². The van der Waals surface area contributed by atoms with Gasteiger partial charge in [0.15, 0.2) is 4.90 Å². The van der Waals surface area contributed by atoms with E-state index in [1.165, 1.54) is 0 Å². The van der Waals surface area contributed by atoms with E-state index in [1.807, 2.05) is 18.6 Å². The molecule has 114 valence electrons. The van der Waals surface area contributed by atoms with Crippen molar-refractivity contribution in [1.29, 1.82) is 0 Å². The number of hydrogen-bond acceptors (Lipinski definition) is 3. The van der Waals surface area contributed by atoms with Crippen molar-refractivity contribution in [3.63, 3.8) is 0 Å². The summed E-state index contributed by atoms with van der Waals surface area (Å²) in [7, 11) is -4.33. The van der Waals surface area contributed by atoms with E-state index in [-0.39, 0.29) is 12.5 Å². The topological polar surface area (TPSA) is 66.4 Å². The molecule has 1 aromatic carbocycles. The predicted molar refractivity (Wildman–Crippen MR) is 71.6 cm³/mol. The van der Waals surface area contributed by atoms with E-state index in [1.54, 1.807) is 0 Å². The lowest BCUT2D eigenvalue weighted by atomic mass is 9.97. The van der Waals surface area contributed by atoms with E-state index >= 15 is 0 Å². The van der Waals surface area contributed by atoms with Crippen molar-refractivity contribution in [3.05, 3.63) is 29.8 Å². The normalized spacial score (nSPS) is 13.7. The zero-order valence-electron chi connectivity index (χ0n) is 11.4. The molecule has 1 aromatic rings. The fourth-order valence-corrected chi connectivity index (χ4v) is 3.19. The molecule has 0 saturated heterocycles. The van der Waals surface area contributed by atoms with E-state index in [9.17, 15) is 22.3 Å². The van der Waals surface area contributed by atoms with E-state index in [0.29, 0.717) is 12.8 Å². The lowest BCUT2D eigenvalue weighted by Gasteiger charge is -2.20. The summed E-state index contributed by atoms with van der Waals surface area (Å²) in [5, 5.41) is 9.84. The van der Waals surface area contributed by atoms with Gasteiger partial charge in [-0.1, -0.05) is 32.8 Å². The van der Waals surface area contributed by atoms with Crippen LogP contribution in [0.5, 0.6) is 0 Å². The molecule has 0 radical (unpaired) electrons. The van der Waals surface area contributed by atoms with Gasteiger partial charge in [-0.2, -0.15) is 0 Å². The molecule has 0 aromatic heterocycles. The quantitative estimate of drug-likeness (QED) is 0.810. The number of sulfonamides is 1. The van der Waals surface area contributed by atoms with Gasteiger partial charge >= 0.3 is 0 Å². The third-order valence-electron chi connectivity index (χ3n) is 3.26. The van der Waals surface area contributed by atoms with E-state index < -0.39 is 32.7 Å². The first-order chi connectivity index (χ1) is 9.33. The maximum Gasteiger partial charge on any atom is 0.246 e. The second-order valence-electron chi connectivity index (χ2n) is 4.55. The number of hydrogen-bond donors (Lipinski definition) is 2. The third-order valence-corrected chi connectivity index (χ3v) is 4.74. The van der Waals surface area contributed by atoms with Gasteiger partial charge in [0, 0.05) is 6.54 Å². The number of benzene rings is 1. The van der Waals surface area contributed by atoms with Crippen LogP contribution in [0.3, 0.4) is 0 Å². The van der Waals surface area contributed by atoms with Crippen LogP contribution in [0, 0.1) is 17.6 Å². The first-order valence-electron chi connectivity index (χ1n) is 6.45. The lowest BCUT2D eigenvalue weighted by Crippen LogP contribution is -2.36. The van der Waals surface area contributed by atoms with Gasteiger partial charge in [0.1, 0.15) is 11.6 Å². The highest BCUT2D eigenvalue weighted by Gasteiger charge is 2.25. The van der Waals surface area contributed by atoms with Crippen LogP contribution in [0.1, 0.15) is 26.7 Å². The summed E-state index contributed by atoms with van der Waals surface area (Å²) in [6.45, 7) is 3.48. The fourth-order valence-electron chi connectivity index (χ4n) is 2.01. The highest BCUT2D eigenvalue weighted by molar-refractivity contribution is 7.89. The number of aliphatic hydroxyl groups is 1. The average molecular weight is 307 g/mol. The molecule has 2 N–H and O–H groups in total. The van der Waals surface area contributed by atoms with Gasteiger partial charge < -0.3 is 5.11 Å². The molecule has 4 nitrogen and oxygen atoms in total. The number of rotatable bonds is 7. The number of aliphatic hydroxyl groups excluding tert-OH is 1. The first-order valence-corrected chi connectivity index (χ1v) is 7.93. The van der Waals surface area contributed by atoms with Crippen molar-refractivity contribution >= 4 is 10.0 Å². The Balaban J connectivity index is 2.86. The molecule has 7 heteroatoms. The summed E-state index contributed by atoms with van der Waals surface area (Å²) < 4.78 is 52.7. The Kier molecular flexibility index (Phi) is 6.04. The minimum Gasteiger partial charge on any atom is -0.391 e. The van der Waals surface area contributed by atoms with Gasteiger partial charge in [-0.15, -0.1) is 0 Å². The lowest BCUT2D eigenvalue weighted by molar-refractivity contribution is 0.107. The second-order valence-corrected chi connectivity index (χ2v) is 6.25. The Morgan fingerprint density at radius 1 is 1.20 bits per heavy atom. The zero-order valence-corrected chi connectivity index (χ0v) is 12.3. The third kappa shape index (κ3) is 3.97. The monoisotopic (exact) mass is 307 g/mol. The van der Waals surface area contributed by atoms with Crippen molar-refractivity contribution in [2.45, 2.75) is 37.7 Å². The van der Waals surface area contributed by atoms with E-state index in [4.69, 9.17) is 0 Å². The van der Waals surface area contributed by atoms with Crippen molar-refractivity contribution in [2.75, 3.05) is 6.54 Å². The maximum absolute atomic E-state index is 13.4. The number of nitrogens with one attached hydrogen (secondary N) is 1. The number of halogens is 2. The van der Waals surface area contributed by atoms with Crippen LogP contribution in [0.2, 0.25) is 0 Å². The summed E-state index contributed by atoms with van der Waals surface area (Å²) in [6.07, 6.45) is 0.482. The van der Waals surface area contributed by atoms with Crippen molar-refractivity contribution in [2.24, 2.45) is 5.92 Å². The van der Waals surface area contributed by atoms with Gasteiger partial charge in [0.2, 0.25) is 10.0 Å². The van der Waals surface area contributed by atoms with Crippen LogP contribution in [0.4, 0.5) is 8.78 Å². The molecule has 0 saturated carbocycles. The summed E-state index contributed by atoms with van der Waals surface area (Å²) in [5.74, 6) is -2.38. The predicted octanol–water partition coefficient (Wildman–Crippen LogP) is 2.04. The summed E-state index contributed by atoms with van der Waals surface area (Å²) >= 11 is 0. The molecule has 0 fully saturated rings. The Morgan fingerprint density at radius 3 is 2.15 bits per heavy atom. The van der Waals surface area contributed by atoms with Gasteiger partial charge in [-0.25, -0.2) is 21.9 Å². The largest absolute Gasteiger partial charge is 0.391 e. The Morgan fingerprint density at radius 2 is 1.70 bits per heavy atom. The first kappa shape index (κ1) is 17.0. The summed E-state index contributed by atoms with van der Waals surface area (Å²) in [5.41, 5.74) is 0. The molecule has 0 amide bonds. The SMILES string of the molecule is CCC(CC)C(O)CNS(=O)(=O)c1c(F)cccc1F. The molecule has 1 atom stereocenters. The van der Waals surface area contributed by atoms with Crippen LogP contribution in [0.25, 0.3) is 0 Å². The minimum absolute atomic E-state index is 0.0665. The average Bonchev–Trinajstić information content (AvgIpc) is 2.37. The second kappa shape index (κ2) is 7.10. The molecule has 0 bridgehead atoms. The molecule has 0 spiro atoms. The molecule has 1 unspecified atom stereocenters. The van der Waals surface area contributed by atoms with E-state index in [2.05, 4.69) is 0 Å². The van der Waals surface area contributed by atoms with Gasteiger partial charge in [-0.3, -0.25) is 0 Å². The van der Waals surface area contributed by atoms with Gasteiger partial charge in [0.25, 0.3) is 0 Å². The molecular formula is C13H19F2NO3S. The fraction of sp³-hybridized carbons (Fsp3) is 0.538. The van der Waals surface area contributed by atoms with Crippen LogP contribution < -0.4 is 4.72 Å². The minimum atomic E-state index is -4.33. The molecule has 1 rings (SSSR count). The summed E-state index contributed by atoms with van der Waals surface area (Å²) in [4.78, 5) is -1.02. The molecule has 0 aliphatic rings. The Hall–Kier alpha value is -1.05. The van der Waals surface area contributed by atoms with Crippen molar-refractivity contribution in [1.82, 2.24) is 4.72 Å².